The average molecular weight is 555 g/mol. The maximum absolute atomic E-state index is 13.0. The van der Waals surface area contributed by atoms with E-state index in [2.05, 4.69) is 10.1 Å². The van der Waals surface area contributed by atoms with Crippen molar-refractivity contribution in [3.05, 3.63) is 29.8 Å². The van der Waals surface area contributed by atoms with E-state index in [1.807, 2.05) is 0 Å². The molecule has 13 heteroatoms. The summed E-state index contributed by atoms with van der Waals surface area (Å²) in [6.45, 7) is 1.06. The molecule has 1 saturated carbocycles. The van der Waals surface area contributed by atoms with Crippen LogP contribution in [0, 0.1) is 0 Å². The monoisotopic (exact) mass is 554 g/mol. The minimum Gasteiger partial charge on any atom is -0.492 e. The first-order chi connectivity index (χ1) is 17.9. The minimum atomic E-state index is -5.81. The molecule has 8 nitrogen and oxygen atoms in total. The van der Waals surface area contributed by atoms with E-state index < -0.39 is 37.0 Å². The van der Waals surface area contributed by atoms with E-state index in [-0.39, 0.29) is 45.2 Å². The summed E-state index contributed by atoms with van der Waals surface area (Å²) in [5.74, 6) is -0.607. The molecule has 1 aromatic carbocycles. The van der Waals surface area contributed by atoms with Crippen molar-refractivity contribution < 1.29 is 50.9 Å². The summed E-state index contributed by atoms with van der Waals surface area (Å²) in [7, 11) is 0. The lowest BCUT2D eigenvalue weighted by Gasteiger charge is -2.28. The number of urea groups is 1. The zero-order valence-corrected chi connectivity index (χ0v) is 21.3. The van der Waals surface area contributed by atoms with Crippen LogP contribution in [-0.4, -0.2) is 79.3 Å². The number of hydrogen-bond donors (Lipinski definition) is 2. The van der Waals surface area contributed by atoms with Crippen molar-refractivity contribution in [2.24, 2.45) is 0 Å². The van der Waals surface area contributed by atoms with Gasteiger partial charge in [-0.25, -0.2) is 9.59 Å². The predicted molar refractivity (Wildman–Crippen MR) is 127 cm³/mol. The summed E-state index contributed by atoms with van der Waals surface area (Å²) in [5.41, 5.74) is 0.724. The number of nitrogens with one attached hydrogen (secondary N) is 1. The van der Waals surface area contributed by atoms with E-state index in [4.69, 9.17) is 9.47 Å². The first-order valence-electron chi connectivity index (χ1n) is 12.6. The van der Waals surface area contributed by atoms with Gasteiger partial charge in [-0.3, -0.25) is 0 Å². The molecule has 2 N–H and O–H groups in total. The Labute approximate surface area is 218 Å². The highest BCUT2D eigenvalue weighted by molar-refractivity contribution is 5.74. The fraction of sp³-hybridized carbons (Fsp3) is 0.680. The molecule has 0 saturated heterocycles. The Kier molecular flexibility index (Phi) is 12.5. The molecule has 0 radical (unpaired) electrons. The van der Waals surface area contributed by atoms with Crippen molar-refractivity contribution in [3.8, 4) is 5.75 Å². The highest BCUT2D eigenvalue weighted by atomic mass is 19.4. The molecule has 38 heavy (non-hydrogen) atoms. The van der Waals surface area contributed by atoms with E-state index in [0.29, 0.717) is 5.75 Å². The Morgan fingerprint density at radius 1 is 1.05 bits per heavy atom. The molecule has 2 rings (SSSR count). The minimum absolute atomic E-state index is 0.0238. The van der Waals surface area contributed by atoms with Gasteiger partial charge in [0.15, 0.2) is 6.10 Å². The van der Waals surface area contributed by atoms with Crippen molar-refractivity contribution in [3.63, 3.8) is 0 Å². The maximum atomic E-state index is 13.0. The SMILES string of the molecule is CCOC(Cc1ccc(OCCN(CCCOC(F)(F)C(F)(F)F)C(=O)NC2CCCCC2)cc1)C(=O)O. The molecule has 0 aliphatic heterocycles. The summed E-state index contributed by atoms with van der Waals surface area (Å²) in [6, 6.07) is 6.18. The molecule has 216 valence electrons. The lowest BCUT2D eigenvalue weighted by atomic mass is 9.96. The largest absolute Gasteiger partial charge is 0.492 e. The molecule has 1 atom stereocenters. The highest BCUT2D eigenvalue weighted by Crippen LogP contribution is 2.36. The molecule has 2 amide bonds. The first kappa shape index (κ1) is 31.5. The number of ether oxygens (including phenoxy) is 3. The fourth-order valence-electron chi connectivity index (χ4n) is 3.99. The standard InChI is InChI=1S/C25H35F5N2O6/c1-2-36-21(22(33)34)17-18-9-11-20(12-10-18)37-16-14-32(23(35)31-19-7-4-3-5-8-19)13-6-15-38-25(29,30)24(26,27)28/h9-12,19,21H,2-8,13-17H2,1H3,(H,31,35)(H,33,34). The Morgan fingerprint density at radius 2 is 1.71 bits per heavy atom. The van der Waals surface area contributed by atoms with Crippen molar-refractivity contribution in [1.82, 2.24) is 10.2 Å². The number of benzene rings is 1. The summed E-state index contributed by atoms with van der Waals surface area (Å²) < 4.78 is 77.5. The number of nitrogens with zero attached hydrogens (tertiary/aromatic N) is 1. The van der Waals surface area contributed by atoms with E-state index in [1.165, 1.54) is 4.90 Å². The predicted octanol–water partition coefficient (Wildman–Crippen LogP) is 5.00. The van der Waals surface area contributed by atoms with Gasteiger partial charge in [0.25, 0.3) is 0 Å². The topological polar surface area (TPSA) is 97.3 Å². The Balaban J connectivity index is 1.90. The first-order valence-corrected chi connectivity index (χ1v) is 12.6. The van der Waals surface area contributed by atoms with Gasteiger partial charge in [0.1, 0.15) is 12.4 Å². The van der Waals surface area contributed by atoms with Crippen LogP contribution in [0.4, 0.5) is 26.7 Å². The van der Waals surface area contributed by atoms with Crippen molar-refractivity contribution in [2.75, 3.05) is 32.9 Å². The normalized spacial score (nSPS) is 15.6. The molecule has 0 aromatic heterocycles. The van der Waals surface area contributed by atoms with Crippen LogP contribution in [0.25, 0.3) is 0 Å². The molecular weight excluding hydrogens is 519 g/mol. The van der Waals surface area contributed by atoms with Gasteiger partial charge < -0.3 is 29.5 Å². The summed E-state index contributed by atoms with van der Waals surface area (Å²) in [6.07, 6.45) is -7.44. The van der Waals surface area contributed by atoms with Crippen molar-refractivity contribution in [2.45, 2.75) is 76.3 Å². The molecule has 1 aromatic rings. The van der Waals surface area contributed by atoms with Crippen LogP contribution in [0.5, 0.6) is 5.75 Å². The second kappa shape index (κ2) is 15.1. The third-order valence-corrected chi connectivity index (χ3v) is 6.02. The second-order valence-corrected chi connectivity index (χ2v) is 8.97. The Morgan fingerprint density at radius 3 is 2.29 bits per heavy atom. The molecule has 1 fully saturated rings. The quantitative estimate of drug-likeness (QED) is 0.234. The average Bonchev–Trinajstić information content (AvgIpc) is 2.86. The van der Waals surface area contributed by atoms with Gasteiger partial charge in [0, 0.05) is 25.6 Å². The smallest absolute Gasteiger partial charge is 0.482 e. The van der Waals surface area contributed by atoms with Crippen LogP contribution >= 0.6 is 0 Å². The van der Waals surface area contributed by atoms with Gasteiger partial charge in [-0.2, -0.15) is 22.0 Å². The summed E-state index contributed by atoms with van der Waals surface area (Å²) in [5, 5.41) is 12.1. The van der Waals surface area contributed by atoms with Crippen LogP contribution in [-0.2, 0) is 20.7 Å². The number of carboxylic acid groups (broad SMARTS) is 1. The number of aliphatic carboxylic acids is 1. The summed E-state index contributed by atoms with van der Waals surface area (Å²) >= 11 is 0. The van der Waals surface area contributed by atoms with Gasteiger partial charge >= 0.3 is 24.3 Å². The fourth-order valence-corrected chi connectivity index (χ4v) is 3.99. The van der Waals surface area contributed by atoms with E-state index in [1.54, 1.807) is 31.2 Å². The Hall–Kier alpha value is -2.67. The third kappa shape index (κ3) is 10.6. The van der Waals surface area contributed by atoms with Crippen LogP contribution in [0.2, 0.25) is 0 Å². The highest BCUT2D eigenvalue weighted by Gasteiger charge is 2.59. The zero-order chi connectivity index (χ0) is 28.2. The number of carbonyl (C=O) groups is 2. The zero-order valence-electron chi connectivity index (χ0n) is 21.3. The second-order valence-electron chi connectivity index (χ2n) is 8.97. The number of amides is 2. The number of carbonyl (C=O) groups excluding carboxylic acids is 1. The van der Waals surface area contributed by atoms with Crippen LogP contribution in [0.3, 0.4) is 0 Å². The van der Waals surface area contributed by atoms with Crippen LogP contribution in [0.1, 0.15) is 51.0 Å². The third-order valence-electron chi connectivity index (χ3n) is 6.02. The molecule has 0 heterocycles. The summed E-state index contributed by atoms with van der Waals surface area (Å²) in [4.78, 5) is 25.3. The molecule has 0 bridgehead atoms. The maximum Gasteiger partial charge on any atom is 0.482 e. The Bertz CT molecular complexity index is 863. The molecule has 1 aliphatic rings. The van der Waals surface area contributed by atoms with Gasteiger partial charge in [0.05, 0.1) is 13.2 Å². The van der Waals surface area contributed by atoms with Crippen LogP contribution < -0.4 is 10.1 Å². The number of rotatable bonds is 15. The molecule has 1 unspecified atom stereocenters. The van der Waals surface area contributed by atoms with E-state index in [0.717, 1.165) is 37.7 Å². The van der Waals surface area contributed by atoms with Gasteiger partial charge in [-0.05, 0) is 43.9 Å². The molecular formula is C25H35F5N2O6. The lowest BCUT2D eigenvalue weighted by molar-refractivity contribution is -0.391. The molecule has 1 aliphatic carbocycles. The lowest BCUT2D eigenvalue weighted by Crippen LogP contribution is -2.47. The van der Waals surface area contributed by atoms with Gasteiger partial charge in [0.2, 0.25) is 0 Å². The number of hydrogen-bond acceptors (Lipinski definition) is 5. The number of alkyl halides is 5. The van der Waals surface area contributed by atoms with Crippen molar-refractivity contribution >= 4 is 12.0 Å². The van der Waals surface area contributed by atoms with E-state index in [9.17, 15) is 36.6 Å². The van der Waals surface area contributed by atoms with E-state index >= 15 is 0 Å². The van der Waals surface area contributed by atoms with Gasteiger partial charge in [-0.15, -0.1) is 0 Å². The van der Waals surface area contributed by atoms with Crippen LogP contribution in [0.15, 0.2) is 24.3 Å². The number of halogens is 5. The van der Waals surface area contributed by atoms with Crippen molar-refractivity contribution in [1.29, 1.82) is 0 Å². The molecule has 0 spiro atoms. The number of carboxylic acids is 1. The van der Waals surface area contributed by atoms with Gasteiger partial charge in [-0.1, -0.05) is 31.4 Å².